The molecule has 0 radical (unpaired) electrons. The first-order chi connectivity index (χ1) is 13.3. The minimum atomic E-state index is -4.61. The number of nitriles is 1. The number of fused-ring (bicyclic) bond motifs is 1. The van der Waals surface area contributed by atoms with Gasteiger partial charge in [0.1, 0.15) is 23.2 Å². The third-order valence-corrected chi connectivity index (χ3v) is 4.41. The Labute approximate surface area is 159 Å². The Hall–Kier alpha value is -3.47. The summed E-state index contributed by atoms with van der Waals surface area (Å²) in [4.78, 5) is 16.0. The fraction of sp³-hybridized carbons (Fsp3) is 0.200. The smallest absolute Gasteiger partial charge is 0.419 e. The monoisotopic (exact) mass is 387 g/mol. The number of ketones is 1. The number of rotatable bonds is 4. The molecule has 144 valence electrons. The summed E-state index contributed by atoms with van der Waals surface area (Å²) < 4.78 is 44.3. The van der Waals surface area contributed by atoms with Crippen molar-refractivity contribution in [2.45, 2.75) is 6.18 Å². The molecule has 0 saturated heterocycles. The summed E-state index contributed by atoms with van der Waals surface area (Å²) in [6, 6.07) is 13.8. The zero-order valence-electron chi connectivity index (χ0n) is 15.1. The molecule has 0 amide bonds. The van der Waals surface area contributed by atoms with E-state index in [-0.39, 0.29) is 5.57 Å². The molecule has 2 aromatic carbocycles. The molecule has 8 heteroatoms. The highest BCUT2D eigenvalue weighted by Gasteiger charge is 2.35. The van der Waals surface area contributed by atoms with E-state index in [0.29, 0.717) is 5.82 Å². The van der Waals surface area contributed by atoms with Crippen LogP contribution in [-0.2, 0) is 11.0 Å². The predicted octanol–water partition coefficient (Wildman–Crippen LogP) is 3.97. The standard InChI is InChI=1S/C20H16F3N3O2/c1-25-15-8-4-5-9-16(15)26(2)19(25)13(11-24)17(27)12-28-18-10-6-3-7-14(18)20(21,22)23/h3-10H,12H2,1-2H3. The maximum atomic E-state index is 13.1. The van der Waals surface area contributed by atoms with Crippen molar-refractivity contribution in [1.82, 2.24) is 0 Å². The first kappa shape index (κ1) is 19.3. The molecule has 0 saturated carbocycles. The van der Waals surface area contributed by atoms with Crippen LogP contribution in [0.1, 0.15) is 5.56 Å². The molecular formula is C20H16F3N3O2. The zero-order valence-corrected chi connectivity index (χ0v) is 15.1. The number of nitrogens with zero attached hydrogens (tertiary/aromatic N) is 3. The highest BCUT2D eigenvalue weighted by Crippen LogP contribution is 2.40. The molecule has 0 fully saturated rings. The van der Waals surface area contributed by atoms with E-state index in [4.69, 9.17) is 4.74 Å². The van der Waals surface area contributed by atoms with Crippen molar-refractivity contribution in [2.24, 2.45) is 0 Å². The summed E-state index contributed by atoms with van der Waals surface area (Å²) in [5.74, 6) is -0.815. The van der Waals surface area contributed by atoms with Gasteiger partial charge in [0.25, 0.3) is 0 Å². The van der Waals surface area contributed by atoms with Gasteiger partial charge in [0, 0.05) is 14.1 Å². The van der Waals surface area contributed by atoms with Crippen LogP contribution in [0, 0.1) is 11.3 Å². The minimum absolute atomic E-state index is 0.189. The second-order valence-corrected chi connectivity index (χ2v) is 6.12. The van der Waals surface area contributed by atoms with Crippen LogP contribution in [0.4, 0.5) is 24.5 Å². The second kappa shape index (κ2) is 7.27. The van der Waals surface area contributed by atoms with Gasteiger partial charge in [-0.1, -0.05) is 24.3 Å². The summed E-state index contributed by atoms with van der Waals surface area (Å²) in [6.45, 7) is -0.683. The van der Waals surface area contributed by atoms with Crippen LogP contribution in [0.25, 0.3) is 0 Å². The summed E-state index contributed by atoms with van der Waals surface area (Å²) >= 11 is 0. The fourth-order valence-electron chi connectivity index (χ4n) is 3.10. The van der Waals surface area contributed by atoms with Crippen molar-refractivity contribution in [2.75, 3.05) is 30.5 Å². The summed E-state index contributed by atoms with van der Waals surface area (Å²) in [6.07, 6.45) is -4.61. The Balaban J connectivity index is 1.87. The van der Waals surface area contributed by atoms with Crippen LogP contribution in [0.15, 0.2) is 59.9 Å². The Bertz CT molecular complexity index is 962. The van der Waals surface area contributed by atoms with Crippen LogP contribution in [0.5, 0.6) is 5.75 Å². The van der Waals surface area contributed by atoms with Gasteiger partial charge < -0.3 is 14.5 Å². The number of hydrogen-bond acceptors (Lipinski definition) is 5. The zero-order chi connectivity index (χ0) is 20.5. The summed E-state index contributed by atoms with van der Waals surface area (Å²) in [7, 11) is 3.42. The van der Waals surface area contributed by atoms with Crippen molar-refractivity contribution in [3.05, 3.63) is 65.5 Å². The lowest BCUT2D eigenvalue weighted by molar-refractivity contribution is -0.139. The highest BCUT2D eigenvalue weighted by atomic mass is 19.4. The average Bonchev–Trinajstić information content (AvgIpc) is 2.92. The molecule has 0 aromatic heterocycles. The molecule has 0 unspecified atom stereocenters. The molecule has 1 aliphatic rings. The molecule has 1 aliphatic heterocycles. The summed E-state index contributed by atoms with van der Waals surface area (Å²) in [5.41, 5.74) is 0.454. The van der Waals surface area contributed by atoms with E-state index in [9.17, 15) is 23.2 Å². The number of ether oxygens (including phenoxy) is 1. The van der Waals surface area contributed by atoms with Crippen molar-refractivity contribution in [3.63, 3.8) is 0 Å². The van der Waals surface area contributed by atoms with Gasteiger partial charge in [-0.3, -0.25) is 4.79 Å². The molecule has 0 aliphatic carbocycles. The Kier molecular flexibility index (Phi) is 5.01. The molecule has 0 N–H and O–H groups in total. The van der Waals surface area contributed by atoms with E-state index >= 15 is 0 Å². The van der Waals surface area contributed by atoms with Crippen LogP contribution in [0.3, 0.4) is 0 Å². The molecule has 0 atom stereocenters. The largest absolute Gasteiger partial charge is 0.485 e. The molecule has 5 nitrogen and oxygen atoms in total. The number of carbonyl (C=O) groups excluding carboxylic acids is 1. The van der Waals surface area contributed by atoms with Gasteiger partial charge in [-0.2, -0.15) is 18.4 Å². The predicted molar refractivity (Wildman–Crippen MR) is 97.8 cm³/mol. The van der Waals surface area contributed by atoms with E-state index < -0.39 is 29.9 Å². The number of alkyl halides is 3. The number of Topliss-reactive ketones (excluding diaryl/α,β-unsaturated/α-hetero) is 1. The molecule has 3 rings (SSSR count). The first-order valence-electron chi connectivity index (χ1n) is 8.28. The molecule has 0 spiro atoms. The quantitative estimate of drug-likeness (QED) is 0.587. The van der Waals surface area contributed by atoms with Crippen LogP contribution >= 0.6 is 0 Å². The van der Waals surface area contributed by atoms with Gasteiger partial charge in [-0.05, 0) is 24.3 Å². The maximum absolute atomic E-state index is 13.1. The molecule has 2 aromatic rings. The number of hydrogen-bond donors (Lipinski definition) is 0. The van der Waals surface area contributed by atoms with E-state index in [1.165, 1.54) is 12.1 Å². The number of para-hydroxylation sites is 3. The first-order valence-corrected chi connectivity index (χ1v) is 8.28. The van der Waals surface area contributed by atoms with Crippen molar-refractivity contribution >= 4 is 17.2 Å². The SMILES string of the molecule is CN1C(=C(C#N)C(=O)COc2ccccc2C(F)(F)F)N(C)c2ccccc21. The van der Waals surface area contributed by atoms with Gasteiger partial charge in [-0.15, -0.1) is 0 Å². The number of carbonyl (C=O) groups is 1. The molecule has 1 heterocycles. The van der Waals surface area contributed by atoms with Crippen LogP contribution < -0.4 is 14.5 Å². The Morgan fingerprint density at radius 1 is 1.04 bits per heavy atom. The van der Waals surface area contributed by atoms with Gasteiger partial charge in [0.15, 0.2) is 6.61 Å². The molecule has 28 heavy (non-hydrogen) atoms. The maximum Gasteiger partial charge on any atom is 0.419 e. The van der Waals surface area contributed by atoms with E-state index in [0.717, 1.165) is 23.5 Å². The number of benzene rings is 2. The number of halogens is 3. The third-order valence-electron chi connectivity index (χ3n) is 4.41. The van der Waals surface area contributed by atoms with Crippen molar-refractivity contribution in [3.8, 4) is 11.8 Å². The topological polar surface area (TPSA) is 56.6 Å². The van der Waals surface area contributed by atoms with Crippen LogP contribution in [0.2, 0.25) is 0 Å². The Morgan fingerprint density at radius 3 is 2.11 bits per heavy atom. The lowest BCUT2D eigenvalue weighted by Gasteiger charge is -2.20. The van der Waals surface area contributed by atoms with E-state index in [1.54, 1.807) is 23.9 Å². The van der Waals surface area contributed by atoms with Crippen LogP contribution in [-0.4, -0.2) is 26.5 Å². The third kappa shape index (κ3) is 3.39. The average molecular weight is 387 g/mol. The van der Waals surface area contributed by atoms with Gasteiger partial charge >= 0.3 is 6.18 Å². The van der Waals surface area contributed by atoms with Gasteiger partial charge in [-0.25, -0.2) is 0 Å². The van der Waals surface area contributed by atoms with E-state index in [1.807, 2.05) is 30.3 Å². The highest BCUT2D eigenvalue weighted by molar-refractivity contribution is 6.03. The lowest BCUT2D eigenvalue weighted by Crippen LogP contribution is -2.28. The van der Waals surface area contributed by atoms with Gasteiger partial charge in [0.05, 0.1) is 16.9 Å². The molecular weight excluding hydrogens is 371 g/mol. The van der Waals surface area contributed by atoms with Crippen molar-refractivity contribution < 1.29 is 22.7 Å². The van der Waals surface area contributed by atoms with E-state index in [2.05, 4.69) is 0 Å². The molecule has 0 bridgehead atoms. The Morgan fingerprint density at radius 2 is 1.57 bits per heavy atom. The minimum Gasteiger partial charge on any atom is -0.485 e. The van der Waals surface area contributed by atoms with Crippen molar-refractivity contribution in [1.29, 1.82) is 5.26 Å². The second-order valence-electron chi connectivity index (χ2n) is 6.12. The normalized spacial score (nSPS) is 13.2. The van der Waals surface area contributed by atoms with Gasteiger partial charge in [0.2, 0.25) is 5.78 Å². The fourth-order valence-corrected chi connectivity index (χ4v) is 3.10. The number of anilines is 2. The lowest BCUT2D eigenvalue weighted by atomic mass is 10.1. The summed E-state index contributed by atoms with van der Waals surface area (Å²) in [5, 5.41) is 9.53.